The van der Waals surface area contributed by atoms with Crippen molar-refractivity contribution in [1.29, 1.82) is 0 Å². The first-order valence-corrected chi connectivity index (χ1v) is 6.51. The second-order valence-corrected chi connectivity index (χ2v) is 4.45. The van der Waals surface area contributed by atoms with Gasteiger partial charge in [-0.1, -0.05) is 33.1 Å². The van der Waals surface area contributed by atoms with Gasteiger partial charge in [0.25, 0.3) is 0 Å². The first-order chi connectivity index (χ1) is 7.81. The van der Waals surface area contributed by atoms with E-state index in [1.165, 1.54) is 25.7 Å². The molecule has 0 aliphatic rings. The van der Waals surface area contributed by atoms with E-state index in [0.717, 1.165) is 24.7 Å². The maximum absolute atomic E-state index is 5.58. The van der Waals surface area contributed by atoms with E-state index >= 15 is 0 Å². The summed E-state index contributed by atoms with van der Waals surface area (Å²) in [5, 5.41) is 0. The average Bonchev–Trinajstić information content (AvgIpc) is 2.72. The van der Waals surface area contributed by atoms with Gasteiger partial charge in [0.2, 0.25) is 0 Å². The van der Waals surface area contributed by atoms with Crippen LogP contribution in [0.25, 0.3) is 0 Å². The van der Waals surface area contributed by atoms with Gasteiger partial charge in [0.05, 0.1) is 0 Å². The van der Waals surface area contributed by atoms with Crippen LogP contribution in [0.15, 0.2) is 12.4 Å². The molecule has 0 amide bonds. The minimum Gasteiger partial charge on any atom is -0.335 e. The van der Waals surface area contributed by atoms with Crippen molar-refractivity contribution in [3.63, 3.8) is 0 Å². The van der Waals surface area contributed by atoms with Crippen molar-refractivity contribution in [2.24, 2.45) is 11.7 Å². The predicted molar refractivity (Wildman–Crippen MR) is 68.3 cm³/mol. The molecule has 0 saturated heterocycles. The minimum absolute atomic E-state index is 0.683. The number of unbranched alkanes of at least 4 members (excludes halogenated alkanes) is 1. The van der Waals surface area contributed by atoms with E-state index < -0.39 is 0 Å². The van der Waals surface area contributed by atoms with Gasteiger partial charge in [0, 0.05) is 25.4 Å². The van der Waals surface area contributed by atoms with E-state index in [2.05, 4.69) is 29.6 Å². The number of hydrogen-bond acceptors (Lipinski definition) is 2. The molecule has 1 aromatic heterocycles. The Bertz CT molecular complexity index is 280. The van der Waals surface area contributed by atoms with Crippen molar-refractivity contribution in [3.05, 3.63) is 18.2 Å². The van der Waals surface area contributed by atoms with Gasteiger partial charge in [-0.2, -0.15) is 0 Å². The van der Waals surface area contributed by atoms with Gasteiger partial charge in [-0.25, -0.2) is 4.98 Å². The number of aromatic nitrogens is 2. The Morgan fingerprint density at radius 3 is 2.88 bits per heavy atom. The Morgan fingerprint density at radius 1 is 1.44 bits per heavy atom. The number of nitrogens with zero attached hydrogens (tertiary/aromatic N) is 2. The second-order valence-electron chi connectivity index (χ2n) is 4.45. The van der Waals surface area contributed by atoms with Gasteiger partial charge < -0.3 is 10.3 Å². The molecule has 0 aromatic carbocycles. The summed E-state index contributed by atoms with van der Waals surface area (Å²) in [5.74, 6) is 1.92. The molecular formula is C13H25N3. The SMILES string of the molecule is CCCCC(CC)Cn1ccnc1CCN. The van der Waals surface area contributed by atoms with Gasteiger partial charge in [-0.3, -0.25) is 0 Å². The lowest BCUT2D eigenvalue weighted by Gasteiger charge is -2.16. The molecule has 0 spiro atoms. The van der Waals surface area contributed by atoms with Crippen LogP contribution in [-0.4, -0.2) is 16.1 Å². The molecular weight excluding hydrogens is 198 g/mol. The summed E-state index contributed by atoms with van der Waals surface area (Å²) in [7, 11) is 0. The fourth-order valence-electron chi connectivity index (χ4n) is 2.06. The molecule has 1 atom stereocenters. The third kappa shape index (κ3) is 3.97. The fraction of sp³-hybridized carbons (Fsp3) is 0.769. The van der Waals surface area contributed by atoms with Crippen LogP contribution in [0.4, 0.5) is 0 Å². The van der Waals surface area contributed by atoms with E-state index in [9.17, 15) is 0 Å². The topological polar surface area (TPSA) is 43.8 Å². The zero-order valence-corrected chi connectivity index (χ0v) is 10.7. The summed E-state index contributed by atoms with van der Waals surface area (Å²) in [4.78, 5) is 4.36. The van der Waals surface area contributed by atoms with Crippen molar-refractivity contribution in [2.45, 2.75) is 52.5 Å². The quantitative estimate of drug-likeness (QED) is 0.736. The highest BCUT2D eigenvalue weighted by molar-refractivity contribution is 4.93. The van der Waals surface area contributed by atoms with E-state index in [-0.39, 0.29) is 0 Å². The van der Waals surface area contributed by atoms with Crippen LogP contribution in [0, 0.1) is 5.92 Å². The largest absolute Gasteiger partial charge is 0.335 e. The van der Waals surface area contributed by atoms with Crippen molar-refractivity contribution >= 4 is 0 Å². The van der Waals surface area contributed by atoms with Crippen LogP contribution in [0.3, 0.4) is 0 Å². The van der Waals surface area contributed by atoms with Gasteiger partial charge in [-0.05, 0) is 18.9 Å². The molecule has 0 radical (unpaired) electrons. The van der Waals surface area contributed by atoms with Crippen molar-refractivity contribution < 1.29 is 0 Å². The number of rotatable bonds is 8. The molecule has 1 rings (SSSR count). The van der Waals surface area contributed by atoms with Crippen LogP contribution in [-0.2, 0) is 13.0 Å². The molecule has 3 nitrogen and oxygen atoms in total. The van der Waals surface area contributed by atoms with Crippen LogP contribution in [0.1, 0.15) is 45.4 Å². The maximum Gasteiger partial charge on any atom is 0.109 e. The molecule has 16 heavy (non-hydrogen) atoms. The monoisotopic (exact) mass is 223 g/mol. The zero-order chi connectivity index (χ0) is 11.8. The Hall–Kier alpha value is -0.830. The molecule has 0 bridgehead atoms. The smallest absolute Gasteiger partial charge is 0.109 e. The van der Waals surface area contributed by atoms with Crippen LogP contribution in [0.2, 0.25) is 0 Å². The summed E-state index contributed by atoms with van der Waals surface area (Å²) < 4.78 is 2.27. The van der Waals surface area contributed by atoms with Gasteiger partial charge in [0.1, 0.15) is 5.82 Å². The standard InChI is InChI=1S/C13H25N3/c1-3-5-6-12(4-2)11-16-10-9-15-13(16)7-8-14/h9-10,12H,3-8,11,14H2,1-2H3. The first-order valence-electron chi connectivity index (χ1n) is 6.51. The summed E-state index contributed by atoms with van der Waals surface area (Å²) in [6.45, 7) is 6.32. The first kappa shape index (κ1) is 13.2. The molecule has 1 unspecified atom stereocenters. The summed E-state index contributed by atoms with van der Waals surface area (Å²) >= 11 is 0. The van der Waals surface area contributed by atoms with Crippen LogP contribution < -0.4 is 5.73 Å². The Kier molecular flexibility index (Phi) is 6.16. The molecule has 92 valence electrons. The van der Waals surface area contributed by atoms with Gasteiger partial charge in [0.15, 0.2) is 0 Å². The summed E-state index contributed by atoms with van der Waals surface area (Å²) in [6, 6.07) is 0. The molecule has 0 fully saturated rings. The maximum atomic E-state index is 5.58. The minimum atomic E-state index is 0.683. The average molecular weight is 223 g/mol. The molecule has 0 aliphatic heterocycles. The third-order valence-electron chi connectivity index (χ3n) is 3.17. The molecule has 2 N–H and O–H groups in total. The molecule has 1 heterocycles. The highest BCUT2D eigenvalue weighted by Gasteiger charge is 2.09. The lowest BCUT2D eigenvalue weighted by atomic mass is 9.99. The normalized spacial score (nSPS) is 12.9. The highest BCUT2D eigenvalue weighted by atomic mass is 15.1. The second kappa shape index (κ2) is 7.44. The molecule has 0 saturated carbocycles. The third-order valence-corrected chi connectivity index (χ3v) is 3.17. The van der Waals surface area contributed by atoms with Crippen molar-refractivity contribution in [1.82, 2.24) is 9.55 Å². The summed E-state index contributed by atoms with van der Waals surface area (Å²) in [6.07, 6.45) is 10.1. The Labute approximate surface area is 99.1 Å². The zero-order valence-electron chi connectivity index (χ0n) is 10.7. The molecule has 3 heteroatoms. The highest BCUT2D eigenvalue weighted by Crippen LogP contribution is 2.16. The van der Waals surface area contributed by atoms with E-state index in [0.29, 0.717) is 6.54 Å². The van der Waals surface area contributed by atoms with Crippen LogP contribution >= 0.6 is 0 Å². The van der Waals surface area contributed by atoms with Crippen molar-refractivity contribution in [3.8, 4) is 0 Å². The predicted octanol–water partition coefficient (Wildman–Crippen LogP) is 2.60. The fourth-order valence-corrected chi connectivity index (χ4v) is 2.06. The Morgan fingerprint density at radius 2 is 2.25 bits per heavy atom. The van der Waals surface area contributed by atoms with Crippen molar-refractivity contribution in [2.75, 3.05) is 6.54 Å². The van der Waals surface area contributed by atoms with E-state index in [1.54, 1.807) is 0 Å². The number of hydrogen-bond donors (Lipinski definition) is 1. The molecule has 0 aliphatic carbocycles. The van der Waals surface area contributed by atoms with Gasteiger partial charge >= 0.3 is 0 Å². The summed E-state index contributed by atoms with van der Waals surface area (Å²) in [5.41, 5.74) is 5.58. The number of nitrogens with two attached hydrogens (primary N) is 1. The molecule has 1 aromatic rings. The van der Waals surface area contributed by atoms with E-state index in [1.807, 2.05) is 6.20 Å². The lowest BCUT2D eigenvalue weighted by molar-refractivity contribution is 0.385. The number of imidazole rings is 1. The van der Waals surface area contributed by atoms with Gasteiger partial charge in [-0.15, -0.1) is 0 Å². The van der Waals surface area contributed by atoms with E-state index in [4.69, 9.17) is 5.73 Å². The van der Waals surface area contributed by atoms with Crippen LogP contribution in [0.5, 0.6) is 0 Å². The Balaban J connectivity index is 2.51. The lowest BCUT2D eigenvalue weighted by Crippen LogP contribution is -2.14.